The van der Waals surface area contributed by atoms with E-state index in [0.29, 0.717) is 10.0 Å². The molecule has 1 heterocycles. The van der Waals surface area contributed by atoms with Crippen molar-refractivity contribution >= 4 is 44.6 Å². The van der Waals surface area contributed by atoms with Crippen LogP contribution >= 0.6 is 34.5 Å². The quantitative estimate of drug-likeness (QED) is 0.670. The summed E-state index contributed by atoms with van der Waals surface area (Å²) in [4.78, 5) is 0. The molecule has 3 aromatic rings. The van der Waals surface area contributed by atoms with Crippen LogP contribution < -0.4 is 5.32 Å². The lowest BCUT2D eigenvalue weighted by Crippen LogP contribution is -2.17. The van der Waals surface area contributed by atoms with Crippen LogP contribution in [0.1, 0.15) is 17.2 Å². The van der Waals surface area contributed by atoms with Crippen LogP contribution in [0.5, 0.6) is 0 Å². The topological polar surface area (TPSA) is 12.0 Å². The van der Waals surface area contributed by atoms with Gasteiger partial charge in [-0.2, -0.15) is 0 Å². The minimum absolute atomic E-state index is 0.0392. The highest BCUT2D eigenvalue weighted by Gasteiger charge is 2.19. The zero-order chi connectivity index (χ0) is 14.1. The van der Waals surface area contributed by atoms with Crippen molar-refractivity contribution in [1.82, 2.24) is 5.32 Å². The molecule has 1 aromatic heterocycles. The molecule has 4 heteroatoms. The molecule has 20 heavy (non-hydrogen) atoms. The van der Waals surface area contributed by atoms with Gasteiger partial charge in [0.2, 0.25) is 0 Å². The van der Waals surface area contributed by atoms with E-state index in [0.717, 1.165) is 5.56 Å². The number of hydrogen-bond donors (Lipinski definition) is 1. The molecule has 102 valence electrons. The Balaban J connectivity index is 2.17. The lowest BCUT2D eigenvalue weighted by Gasteiger charge is -2.18. The van der Waals surface area contributed by atoms with Gasteiger partial charge in [-0.05, 0) is 41.1 Å². The minimum Gasteiger partial charge on any atom is -0.309 e. The molecule has 1 N–H and O–H groups in total. The number of hydrogen-bond acceptors (Lipinski definition) is 2. The van der Waals surface area contributed by atoms with E-state index in [-0.39, 0.29) is 6.04 Å². The average molecular weight is 322 g/mol. The van der Waals surface area contributed by atoms with Crippen LogP contribution in [-0.2, 0) is 0 Å². The van der Waals surface area contributed by atoms with Crippen LogP contribution in [-0.4, -0.2) is 7.05 Å². The Morgan fingerprint density at radius 3 is 2.60 bits per heavy atom. The van der Waals surface area contributed by atoms with E-state index >= 15 is 0 Å². The molecule has 0 radical (unpaired) electrons. The molecule has 3 rings (SSSR count). The van der Waals surface area contributed by atoms with Gasteiger partial charge in [0.25, 0.3) is 0 Å². The van der Waals surface area contributed by atoms with Gasteiger partial charge in [0.15, 0.2) is 0 Å². The maximum Gasteiger partial charge on any atom is 0.0643 e. The van der Waals surface area contributed by atoms with Gasteiger partial charge < -0.3 is 5.32 Å². The molecule has 0 saturated carbocycles. The molecule has 1 unspecified atom stereocenters. The highest BCUT2D eigenvalue weighted by molar-refractivity contribution is 7.17. The van der Waals surface area contributed by atoms with Gasteiger partial charge in [-0.1, -0.05) is 53.5 Å². The summed E-state index contributed by atoms with van der Waals surface area (Å²) in [6.07, 6.45) is 0. The van der Waals surface area contributed by atoms with Gasteiger partial charge in [0, 0.05) is 4.70 Å². The molecule has 0 spiro atoms. The Morgan fingerprint density at radius 2 is 1.80 bits per heavy atom. The van der Waals surface area contributed by atoms with Gasteiger partial charge >= 0.3 is 0 Å². The maximum atomic E-state index is 6.37. The smallest absolute Gasteiger partial charge is 0.0643 e. The number of halogens is 2. The molecular formula is C16H13Cl2NS. The van der Waals surface area contributed by atoms with Crippen molar-refractivity contribution < 1.29 is 0 Å². The van der Waals surface area contributed by atoms with E-state index < -0.39 is 0 Å². The predicted octanol–water partition coefficient (Wildman–Crippen LogP) is 5.52. The first-order valence-electron chi connectivity index (χ1n) is 6.29. The Morgan fingerprint density at radius 1 is 1.00 bits per heavy atom. The molecule has 0 aliphatic heterocycles. The SMILES string of the molecule is CNC(c1cccc(Cl)c1Cl)c1csc2ccccc12. The van der Waals surface area contributed by atoms with Crippen molar-refractivity contribution in [2.75, 3.05) is 7.05 Å². The average Bonchev–Trinajstić information content (AvgIpc) is 2.88. The lowest BCUT2D eigenvalue weighted by molar-refractivity contribution is 0.699. The third-order valence-corrected chi connectivity index (χ3v) is 5.22. The first-order valence-corrected chi connectivity index (χ1v) is 7.93. The molecule has 0 aliphatic carbocycles. The highest BCUT2D eigenvalue weighted by atomic mass is 35.5. The standard InChI is InChI=1S/C16H13Cl2NS/c1-19-16(11-6-4-7-13(17)15(11)18)12-9-20-14-8-3-2-5-10(12)14/h2-9,16,19H,1H3. The predicted molar refractivity (Wildman–Crippen MR) is 89.2 cm³/mol. The van der Waals surface area contributed by atoms with Crippen LogP contribution in [0.15, 0.2) is 47.8 Å². The largest absolute Gasteiger partial charge is 0.309 e. The van der Waals surface area contributed by atoms with E-state index in [9.17, 15) is 0 Å². The third kappa shape index (κ3) is 2.33. The van der Waals surface area contributed by atoms with Crippen LogP contribution in [0.3, 0.4) is 0 Å². The molecule has 0 bridgehead atoms. The maximum absolute atomic E-state index is 6.37. The van der Waals surface area contributed by atoms with Crippen molar-refractivity contribution in [3.63, 3.8) is 0 Å². The van der Waals surface area contributed by atoms with Gasteiger partial charge in [0.05, 0.1) is 16.1 Å². The second-order valence-electron chi connectivity index (χ2n) is 4.55. The lowest BCUT2D eigenvalue weighted by atomic mass is 9.98. The van der Waals surface area contributed by atoms with E-state index in [1.54, 1.807) is 11.3 Å². The summed E-state index contributed by atoms with van der Waals surface area (Å²) >= 11 is 14.2. The minimum atomic E-state index is 0.0392. The fraction of sp³-hybridized carbons (Fsp3) is 0.125. The monoisotopic (exact) mass is 321 g/mol. The molecule has 2 aromatic carbocycles. The van der Waals surface area contributed by atoms with Crippen LogP contribution in [0.2, 0.25) is 10.0 Å². The van der Waals surface area contributed by atoms with Gasteiger partial charge in [0.1, 0.15) is 0 Å². The Labute approximate surface area is 132 Å². The summed E-state index contributed by atoms with van der Waals surface area (Å²) in [6, 6.07) is 14.2. The Bertz CT molecular complexity index is 751. The molecular weight excluding hydrogens is 309 g/mol. The summed E-state index contributed by atoms with van der Waals surface area (Å²) < 4.78 is 1.28. The Hall–Kier alpha value is -1.06. The summed E-state index contributed by atoms with van der Waals surface area (Å²) in [7, 11) is 1.94. The van der Waals surface area contributed by atoms with Gasteiger partial charge in [-0.3, -0.25) is 0 Å². The third-order valence-electron chi connectivity index (χ3n) is 3.40. The molecule has 1 atom stereocenters. The normalized spacial score (nSPS) is 12.8. The van der Waals surface area contributed by atoms with Crippen LogP contribution in [0.4, 0.5) is 0 Å². The van der Waals surface area contributed by atoms with Crippen LogP contribution in [0, 0.1) is 0 Å². The van der Waals surface area contributed by atoms with Crippen molar-refractivity contribution in [1.29, 1.82) is 0 Å². The van der Waals surface area contributed by atoms with E-state index in [1.807, 2.05) is 25.2 Å². The van der Waals surface area contributed by atoms with Crippen LogP contribution in [0.25, 0.3) is 10.1 Å². The number of thiophene rings is 1. The molecule has 1 nitrogen and oxygen atoms in total. The summed E-state index contributed by atoms with van der Waals surface area (Å²) in [5.41, 5.74) is 2.24. The number of rotatable bonds is 3. The van der Waals surface area contributed by atoms with E-state index in [1.165, 1.54) is 15.6 Å². The first-order chi connectivity index (χ1) is 9.72. The number of fused-ring (bicyclic) bond motifs is 1. The molecule has 0 fully saturated rings. The van der Waals surface area contributed by atoms with E-state index in [4.69, 9.17) is 23.2 Å². The summed E-state index contributed by atoms with van der Waals surface area (Å²) in [5.74, 6) is 0. The zero-order valence-corrected chi connectivity index (χ0v) is 13.2. The van der Waals surface area contributed by atoms with Gasteiger partial charge in [-0.15, -0.1) is 11.3 Å². The highest BCUT2D eigenvalue weighted by Crippen LogP contribution is 2.37. The summed E-state index contributed by atoms with van der Waals surface area (Å²) in [5, 5.41) is 7.99. The molecule has 0 saturated heterocycles. The van der Waals surface area contributed by atoms with E-state index in [2.05, 4.69) is 35.0 Å². The fourth-order valence-electron chi connectivity index (χ4n) is 2.44. The molecule has 0 amide bonds. The first kappa shape index (κ1) is 13.9. The Kier molecular flexibility index (Phi) is 3.99. The van der Waals surface area contributed by atoms with Crippen molar-refractivity contribution in [3.8, 4) is 0 Å². The van der Waals surface area contributed by atoms with Gasteiger partial charge in [-0.25, -0.2) is 0 Å². The molecule has 0 aliphatic rings. The zero-order valence-electron chi connectivity index (χ0n) is 10.9. The fourth-order valence-corrected chi connectivity index (χ4v) is 3.85. The van der Waals surface area contributed by atoms with Crippen molar-refractivity contribution in [3.05, 3.63) is 69.0 Å². The van der Waals surface area contributed by atoms with Crippen molar-refractivity contribution in [2.45, 2.75) is 6.04 Å². The number of nitrogens with one attached hydrogen (secondary N) is 1. The number of benzene rings is 2. The second-order valence-corrected chi connectivity index (χ2v) is 6.25. The van der Waals surface area contributed by atoms with Crippen molar-refractivity contribution in [2.24, 2.45) is 0 Å². The second kappa shape index (κ2) is 5.74. The summed E-state index contributed by atoms with van der Waals surface area (Å²) in [6.45, 7) is 0.